The molecule has 24 heavy (non-hydrogen) atoms. The molecule has 0 aliphatic rings. The predicted octanol–water partition coefficient (Wildman–Crippen LogP) is 3.18. The molecule has 0 aliphatic carbocycles. The van der Waals surface area contributed by atoms with E-state index in [1.165, 1.54) is 0 Å². The summed E-state index contributed by atoms with van der Waals surface area (Å²) in [6.45, 7) is 4.82. The molecule has 0 aliphatic heterocycles. The van der Waals surface area contributed by atoms with Crippen molar-refractivity contribution < 1.29 is 9.53 Å². The van der Waals surface area contributed by atoms with Gasteiger partial charge < -0.3 is 15.8 Å². The van der Waals surface area contributed by atoms with Crippen molar-refractivity contribution in [1.82, 2.24) is 5.32 Å². The molecule has 4 nitrogen and oxygen atoms in total. The first-order valence-electron chi connectivity index (χ1n) is 7.83. The van der Waals surface area contributed by atoms with Crippen molar-refractivity contribution in [2.75, 3.05) is 13.2 Å². The van der Waals surface area contributed by atoms with Gasteiger partial charge in [0.1, 0.15) is 11.3 Å². The number of carbonyl (C=O) groups excluding carboxylic acids is 1. The van der Waals surface area contributed by atoms with E-state index in [4.69, 9.17) is 10.5 Å². The zero-order chi connectivity index (χ0) is 16.7. The molecule has 0 bridgehead atoms. The number of amides is 1. The van der Waals surface area contributed by atoms with Crippen molar-refractivity contribution in [2.24, 2.45) is 5.73 Å². The number of rotatable bonds is 7. The van der Waals surface area contributed by atoms with Gasteiger partial charge in [0.25, 0.3) is 0 Å². The van der Waals surface area contributed by atoms with Crippen LogP contribution >= 0.6 is 12.4 Å². The summed E-state index contributed by atoms with van der Waals surface area (Å²) in [5, 5.41) is 2.88. The molecule has 1 amide bonds. The molecular weight excluding hydrogens is 324 g/mol. The maximum Gasteiger partial charge on any atom is 0.244 e. The first kappa shape index (κ1) is 20.0. The first-order chi connectivity index (χ1) is 11.0. The SMILES string of the molecule is Cc1ccccc1OCCCNC(=O)C(C)(N)c1ccccc1.Cl. The zero-order valence-corrected chi connectivity index (χ0v) is 14.9. The zero-order valence-electron chi connectivity index (χ0n) is 14.1. The molecule has 1 unspecified atom stereocenters. The molecule has 0 radical (unpaired) electrons. The van der Waals surface area contributed by atoms with Gasteiger partial charge in [0, 0.05) is 6.54 Å². The van der Waals surface area contributed by atoms with Crippen LogP contribution in [0, 0.1) is 6.92 Å². The van der Waals surface area contributed by atoms with Crippen LogP contribution in [0.2, 0.25) is 0 Å². The molecule has 0 fully saturated rings. The Morgan fingerprint density at radius 3 is 2.42 bits per heavy atom. The highest BCUT2D eigenvalue weighted by molar-refractivity contribution is 5.86. The molecule has 130 valence electrons. The maximum absolute atomic E-state index is 12.3. The fourth-order valence-corrected chi connectivity index (χ4v) is 2.27. The van der Waals surface area contributed by atoms with Gasteiger partial charge in [-0.2, -0.15) is 0 Å². The summed E-state index contributed by atoms with van der Waals surface area (Å²) in [6.07, 6.45) is 0.727. The van der Waals surface area contributed by atoms with Crippen molar-refractivity contribution in [2.45, 2.75) is 25.8 Å². The van der Waals surface area contributed by atoms with Crippen molar-refractivity contribution >= 4 is 18.3 Å². The van der Waals surface area contributed by atoms with Crippen LogP contribution in [0.3, 0.4) is 0 Å². The molecule has 2 aromatic carbocycles. The van der Waals surface area contributed by atoms with E-state index in [9.17, 15) is 4.79 Å². The largest absolute Gasteiger partial charge is 0.493 e. The van der Waals surface area contributed by atoms with Gasteiger partial charge in [-0.3, -0.25) is 4.79 Å². The van der Waals surface area contributed by atoms with Gasteiger partial charge in [0.15, 0.2) is 0 Å². The molecule has 3 N–H and O–H groups in total. The topological polar surface area (TPSA) is 64.3 Å². The van der Waals surface area contributed by atoms with E-state index < -0.39 is 5.54 Å². The lowest BCUT2D eigenvalue weighted by atomic mass is 9.92. The normalized spacial score (nSPS) is 12.6. The lowest BCUT2D eigenvalue weighted by Gasteiger charge is -2.24. The number of nitrogens with two attached hydrogens (primary N) is 1. The Bertz CT molecular complexity index is 645. The minimum Gasteiger partial charge on any atom is -0.493 e. The smallest absolute Gasteiger partial charge is 0.244 e. The number of hydrogen-bond acceptors (Lipinski definition) is 3. The van der Waals surface area contributed by atoms with Crippen LogP contribution in [-0.2, 0) is 10.3 Å². The Labute approximate surface area is 149 Å². The van der Waals surface area contributed by atoms with Gasteiger partial charge >= 0.3 is 0 Å². The Morgan fingerprint density at radius 2 is 1.75 bits per heavy atom. The number of halogens is 1. The van der Waals surface area contributed by atoms with Crippen LogP contribution in [0.5, 0.6) is 5.75 Å². The summed E-state index contributed by atoms with van der Waals surface area (Å²) in [6, 6.07) is 17.3. The third-order valence-electron chi connectivity index (χ3n) is 3.80. The predicted molar refractivity (Wildman–Crippen MR) is 99.5 cm³/mol. The third-order valence-corrected chi connectivity index (χ3v) is 3.80. The molecule has 5 heteroatoms. The number of para-hydroxylation sites is 1. The molecule has 0 saturated heterocycles. The van der Waals surface area contributed by atoms with Crippen LogP contribution in [0.25, 0.3) is 0 Å². The van der Waals surface area contributed by atoms with Crippen LogP contribution < -0.4 is 15.8 Å². The van der Waals surface area contributed by atoms with Gasteiger partial charge in [-0.1, -0.05) is 48.5 Å². The third kappa shape index (κ3) is 5.25. The number of hydrogen-bond donors (Lipinski definition) is 2. The number of carbonyl (C=O) groups is 1. The summed E-state index contributed by atoms with van der Waals surface area (Å²) in [7, 11) is 0. The minimum absolute atomic E-state index is 0. The lowest BCUT2D eigenvalue weighted by Crippen LogP contribution is -2.49. The van der Waals surface area contributed by atoms with E-state index >= 15 is 0 Å². The van der Waals surface area contributed by atoms with Crippen molar-refractivity contribution in [3.05, 3.63) is 65.7 Å². The van der Waals surface area contributed by atoms with E-state index in [1.807, 2.05) is 61.5 Å². The molecule has 2 rings (SSSR count). The van der Waals surface area contributed by atoms with E-state index in [0.29, 0.717) is 13.2 Å². The number of ether oxygens (including phenoxy) is 1. The van der Waals surface area contributed by atoms with Crippen LogP contribution in [0.1, 0.15) is 24.5 Å². The molecule has 0 saturated carbocycles. The summed E-state index contributed by atoms with van der Waals surface area (Å²) in [5.41, 5.74) is 7.04. The monoisotopic (exact) mass is 348 g/mol. The number of nitrogens with one attached hydrogen (secondary N) is 1. The average Bonchev–Trinajstić information content (AvgIpc) is 2.56. The summed E-state index contributed by atoms with van der Waals surface area (Å²) in [5.74, 6) is 0.700. The number of aryl methyl sites for hydroxylation is 1. The van der Waals surface area contributed by atoms with Crippen molar-refractivity contribution in [1.29, 1.82) is 0 Å². The molecule has 0 heterocycles. The van der Waals surface area contributed by atoms with Gasteiger partial charge in [0.05, 0.1) is 6.61 Å². The second-order valence-corrected chi connectivity index (χ2v) is 5.79. The second-order valence-electron chi connectivity index (χ2n) is 5.79. The minimum atomic E-state index is -1.03. The van der Waals surface area contributed by atoms with Gasteiger partial charge in [-0.25, -0.2) is 0 Å². The maximum atomic E-state index is 12.3. The Morgan fingerprint density at radius 1 is 1.12 bits per heavy atom. The molecule has 0 aromatic heterocycles. The second kappa shape index (κ2) is 9.30. The summed E-state index contributed by atoms with van der Waals surface area (Å²) in [4.78, 5) is 12.3. The van der Waals surface area contributed by atoms with Gasteiger partial charge in [-0.15, -0.1) is 12.4 Å². The van der Waals surface area contributed by atoms with Gasteiger partial charge in [-0.05, 0) is 37.5 Å². The van der Waals surface area contributed by atoms with Crippen LogP contribution in [0.15, 0.2) is 54.6 Å². The summed E-state index contributed by atoms with van der Waals surface area (Å²) >= 11 is 0. The summed E-state index contributed by atoms with van der Waals surface area (Å²) < 4.78 is 5.71. The van der Waals surface area contributed by atoms with E-state index in [-0.39, 0.29) is 18.3 Å². The fraction of sp³-hybridized carbons (Fsp3) is 0.316. The first-order valence-corrected chi connectivity index (χ1v) is 7.83. The average molecular weight is 349 g/mol. The Balaban J connectivity index is 0.00000288. The highest BCUT2D eigenvalue weighted by Gasteiger charge is 2.29. The van der Waals surface area contributed by atoms with E-state index in [2.05, 4.69) is 5.32 Å². The van der Waals surface area contributed by atoms with Crippen molar-refractivity contribution in [3.63, 3.8) is 0 Å². The van der Waals surface area contributed by atoms with E-state index in [1.54, 1.807) is 6.92 Å². The highest BCUT2D eigenvalue weighted by atomic mass is 35.5. The van der Waals surface area contributed by atoms with Crippen LogP contribution in [-0.4, -0.2) is 19.1 Å². The van der Waals surface area contributed by atoms with Gasteiger partial charge in [0.2, 0.25) is 5.91 Å². The van der Waals surface area contributed by atoms with Crippen LogP contribution in [0.4, 0.5) is 0 Å². The Kier molecular flexibility index (Phi) is 7.75. The Hall–Kier alpha value is -2.04. The standard InChI is InChI=1S/C19H24N2O2.ClH/c1-15-9-6-7-12-17(15)23-14-8-13-21-18(22)19(2,20)16-10-4-3-5-11-16;/h3-7,9-12H,8,13-14,20H2,1-2H3,(H,21,22);1H. The fourth-order valence-electron chi connectivity index (χ4n) is 2.27. The lowest BCUT2D eigenvalue weighted by molar-refractivity contribution is -0.126. The molecular formula is C19H25ClN2O2. The quantitative estimate of drug-likeness (QED) is 0.755. The molecule has 0 spiro atoms. The van der Waals surface area contributed by atoms with Crippen molar-refractivity contribution in [3.8, 4) is 5.75 Å². The molecule has 1 atom stereocenters. The van der Waals surface area contributed by atoms with E-state index in [0.717, 1.165) is 23.3 Å². The molecule has 2 aromatic rings. The highest BCUT2D eigenvalue weighted by Crippen LogP contribution is 2.18. The number of benzene rings is 2.